The minimum absolute atomic E-state index is 0.0805. The van der Waals surface area contributed by atoms with E-state index in [4.69, 9.17) is 33.7 Å². The number of aliphatic hydroxyl groups excluding tert-OH is 1. The van der Waals surface area contributed by atoms with Crippen LogP contribution in [0.15, 0.2) is 36.4 Å². The standard InChI is InChI=1S/C28H32Cl2FN3O4/c1-15-10-16(29)8-9-19(15)28(14-32)21(12-27(2,3)4)34-25(26(37)38-13-17(35)11-22(33)36)23(28)18-6-5-7-20(30)24(18)31/h5-10,17,21,23,25,34-35H,11-13H2,1-4H3,(H2,33,36)/t17-,21-,23-,25+,28-/m0/s1. The first-order chi connectivity index (χ1) is 17.7. The fourth-order valence-corrected chi connectivity index (χ4v) is 5.77. The zero-order chi connectivity index (χ0) is 28.4. The van der Waals surface area contributed by atoms with E-state index < -0.39 is 60.2 Å². The van der Waals surface area contributed by atoms with Crippen molar-refractivity contribution >= 4 is 35.1 Å². The number of carbonyl (C=O) groups excluding carboxylic acids is 2. The summed E-state index contributed by atoms with van der Waals surface area (Å²) < 4.78 is 21.0. The molecule has 7 nitrogen and oxygen atoms in total. The molecule has 1 aliphatic heterocycles. The maximum atomic E-state index is 15.6. The van der Waals surface area contributed by atoms with E-state index in [1.54, 1.807) is 24.3 Å². The number of rotatable bonds is 8. The van der Waals surface area contributed by atoms with Crippen LogP contribution in [0.25, 0.3) is 0 Å². The highest BCUT2D eigenvalue weighted by Crippen LogP contribution is 2.53. The predicted octanol–water partition coefficient (Wildman–Crippen LogP) is 4.54. The number of primary amides is 1. The molecule has 1 amide bonds. The van der Waals surface area contributed by atoms with Crippen LogP contribution in [0.3, 0.4) is 0 Å². The maximum Gasteiger partial charge on any atom is 0.323 e. The van der Waals surface area contributed by atoms with Gasteiger partial charge in [0.2, 0.25) is 5.91 Å². The number of nitriles is 1. The van der Waals surface area contributed by atoms with Gasteiger partial charge in [-0.25, -0.2) is 4.39 Å². The summed E-state index contributed by atoms with van der Waals surface area (Å²) in [6.07, 6.45) is -1.24. The van der Waals surface area contributed by atoms with Gasteiger partial charge in [-0.15, -0.1) is 0 Å². The third kappa shape index (κ3) is 6.13. The van der Waals surface area contributed by atoms with Crippen LogP contribution in [0.2, 0.25) is 10.0 Å². The normalized spacial score (nSPS) is 24.0. The lowest BCUT2D eigenvalue weighted by Gasteiger charge is -2.38. The van der Waals surface area contributed by atoms with Gasteiger partial charge in [0.05, 0.1) is 23.6 Å². The maximum absolute atomic E-state index is 15.6. The molecule has 4 N–H and O–H groups in total. The number of amides is 1. The number of benzene rings is 2. The summed E-state index contributed by atoms with van der Waals surface area (Å²) >= 11 is 12.4. The summed E-state index contributed by atoms with van der Waals surface area (Å²) in [5.74, 6) is -3.35. The number of aliphatic hydroxyl groups is 1. The lowest BCUT2D eigenvalue weighted by atomic mass is 9.62. The Bertz CT molecular complexity index is 1260. The molecule has 3 rings (SSSR count). The van der Waals surface area contributed by atoms with Crippen molar-refractivity contribution < 1.29 is 23.8 Å². The summed E-state index contributed by atoms with van der Waals surface area (Å²) in [7, 11) is 0. The van der Waals surface area contributed by atoms with Gasteiger partial charge in [0.15, 0.2) is 0 Å². The van der Waals surface area contributed by atoms with E-state index in [1.165, 1.54) is 12.1 Å². The molecule has 1 heterocycles. The number of nitrogens with zero attached hydrogens (tertiary/aromatic N) is 1. The molecular formula is C28H32Cl2FN3O4. The van der Waals surface area contributed by atoms with Crippen LogP contribution < -0.4 is 11.1 Å². The number of hydrogen-bond acceptors (Lipinski definition) is 6. The molecule has 0 aliphatic carbocycles. The van der Waals surface area contributed by atoms with Crippen molar-refractivity contribution in [3.63, 3.8) is 0 Å². The Morgan fingerprint density at radius 1 is 1.29 bits per heavy atom. The molecule has 1 saturated heterocycles. The number of hydrogen-bond donors (Lipinski definition) is 3. The van der Waals surface area contributed by atoms with Crippen LogP contribution in [0.4, 0.5) is 4.39 Å². The second kappa shape index (κ2) is 11.6. The summed E-state index contributed by atoms with van der Waals surface area (Å²) in [5, 5.41) is 24.5. The largest absolute Gasteiger partial charge is 0.462 e. The molecule has 0 radical (unpaired) electrons. The average Bonchev–Trinajstić information content (AvgIpc) is 3.11. The average molecular weight is 564 g/mol. The fourth-order valence-electron chi connectivity index (χ4n) is 5.36. The molecule has 10 heteroatoms. The number of ether oxygens (including phenoxy) is 1. The molecule has 38 heavy (non-hydrogen) atoms. The van der Waals surface area contributed by atoms with Crippen LogP contribution in [0, 0.1) is 29.5 Å². The lowest BCUT2D eigenvalue weighted by molar-refractivity contribution is -0.150. The van der Waals surface area contributed by atoms with Gasteiger partial charge >= 0.3 is 5.97 Å². The van der Waals surface area contributed by atoms with Crippen molar-refractivity contribution in [2.24, 2.45) is 11.1 Å². The van der Waals surface area contributed by atoms with E-state index in [9.17, 15) is 20.0 Å². The van der Waals surface area contributed by atoms with E-state index in [1.807, 2.05) is 27.7 Å². The van der Waals surface area contributed by atoms with Gasteiger partial charge in [0, 0.05) is 17.0 Å². The van der Waals surface area contributed by atoms with Gasteiger partial charge in [0.25, 0.3) is 0 Å². The smallest absolute Gasteiger partial charge is 0.323 e. The van der Waals surface area contributed by atoms with Crippen LogP contribution in [0.1, 0.15) is 56.2 Å². The number of aryl methyl sites for hydroxylation is 1. The van der Waals surface area contributed by atoms with Crippen LogP contribution in [-0.4, -0.2) is 41.8 Å². The molecule has 1 fully saturated rings. The highest BCUT2D eigenvalue weighted by atomic mass is 35.5. The molecule has 1 aliphatic rings. The number of carbonyl (C=O) groups is 2. The van der Waals surface area contributed by atoms with Gasteiger partial charge in [-0.3, -0.25) is 14.9 Å². The van der Waals surface area contributed by atoms with Gasteiger partial charge < -0.3 is 15.6 Å². The third-order valence-corrected chi connectivity index (χ3v) is 7.34. The molecular weight excluding hydrogens is 532 g/mol. The molecule has 0 aromatic heterocycles. The van der Waals surface area contributed by atoms with Crippen LogP contribution in [-0.2, 0) is 19.7 Å². The summed E-state index contributed by atoms with van der Waals surface area (Å²) in [6.45, 7) is 7.34. The Morgan fingerprint density at radius 3 is 2.55 bits per heavy atom. The number of esters is 1. The van der Waals surface area contributed by atoms with Gasteiger partial charge in [-0.1, -0.05) is 62.2 Å². The van der Waals surface area contributed by atoms with E-state index in [0.29, 0.717) is 22.6 Å². The molecule has 2 aromatic carbocycles. The highest BCUT2D eigenvalue weighted by Gasteiger charge is 2.61. The van der Waals surface area contributed by atoms with Crippen molar-refractivity contribution in [3.8, 4) is 6.07 Å². The molecule has 0 unspecified atom stereocenters. The highest BCUT2D eigenvalue weighted by molar-refractivity contribution is 6.31. The molecule has 204 valence electrons. The van der Waals surface area contributed by atoms with Crippen molar-refractivity contribution in [2.45, 2.75) is 70.1 Å². The van der Waals surface area contributed by atoms with E-state index in [2.05, 4.69) is 11.4 Å². The Hall–Kier alpha value is -2.70. The summed E-state index contributed by atoms with van der Waals surface area (Å²) in [4.78, 5) is 24.6. The van der Waals surface area contributed by atoms with Gasteiger partial charge in [-0.2, -0.15) is 5.26 Å². The van der Waals surface area contributed by atoms with E-state index >= 15 is 4.39 Å². The first-order valence-electron chi connectivity index (χ1n) is 12.2. The molecule has 2 aromatic rings. The fraction of sp³-hybridized carbons (Fsp3) is 0.464. The molecule has 5 atom stereocenters. The Kier molecular flexibility index (Phi) is 9.10. The zero-order valence-electron chi connectivity index (χ0n) is 21.7. The Labute approximate surface area is 232 Å². The molecule has 0 bridgehead atoms. The summed E-state index contributed by atoms with van der Waals surface area (Å²) in [6, 6.07) is 10.3. The minimum Gasteiger partial charge on any atom is -0.462 e. The Morgan fingerprint density at radius 2 is 1.97 bits per heavy atom. The third-order valence-electron chi connectivity index (χ3n) is 6.82. The number of nitrogens with one attached hydrogen (secondary N) is 1. The first kappa shape index (κ1) is 29.9. The van der Waals surface area contributed by atoms with Crippen molar-refractivity contribution in [2.75, 3.05) is 6.61 Å². The van der Waals surface area contributed by atoms with Crippen molar-refractivity contribution in [3.05, 3.63) is 69.0 Å². The SMILES string of the molecule is Cc1cc(Cl)ccc1[C@@]1(C#N)[C@H](CC(C)(C)C)N[C@@H](C(=O)OC[C@@H](O)CC(N)=O)[C@@H]1c1cccc(Cl)c1F. The number of nitrogens with two attached hydrogens (primary N) is 1. The van der Waals surface area contributed by atoms with Gasteiger partial charge in [-0.05, 0) is 53.6 Å². The Balaban J connectivity index is 2.23. The van der Waals surface area contributed by atoms with Crippen LogP contribution >= 0.6 is 23.2 Å². The zero-order valence-corrected chi connectivity index (χ0v) is 23.2. The summed E-state index contributed by atoms with van der Waals surface area (Å²) in [5.41, 5.74) is 4.79. The molecule has 0 saturated carbocycles. The van der Waals surface area contributed by atoms with Crippen molar-refractivity contribution in [1.29, 1.82) is 5.26 Å². The van der Waals surface area contributed by atoms with Gasteiger partial charge in [0.1, 0.15) is 23.9 Å². The van der Waals surface area contributed by atoms with E-state index in [0.717, 1.165) is 0 Å². The topological polar surface area (TPSA) is 125 Å². The van der Waals surface area contributed by atoms with Crippen molar-refractivity contribution in [1.82, 2.24) is 5.32 Å². The second-order valence-electron chi connectivity index (χ2n) is 11.0. The monoisotopic (exact) mass is 563 g/mol. The lowest BCUT2D eigenvalue weighted by Crippen LogP contribution is -2.44. The molecule has 0 spiro atoms. The predicted molar refractivity (Wildman–Crippen MR) is 143 cm³/mol. The quantitative estimate of drug-likeness (QED) is 0.405. The first-order valence-corrected chi connectivity index (χ1v) is 13.0. The van der Waals surface area contributed by atoms with Crippen LogP contribution in [0.5, 0.6) is 0 Å². The minimum atomic E-state index is -1.43. The number of halogens is 3. The van der Waals surface area contributed by atoms with E-state index in [-0.39, 0.29) is 16.0 Å². The second-order valence-corrected chi connectivity index (χ2v) is 11.8.